The summed E-state index contributed by atoms with van der Waals surface area (Å²) >= 11 is 6.03. The van der Waals surface area contributed by atoms with Crippen molar-refractivity contribution in [1.29, 1.82) is 0 Å². The fraction of sp³-hybridized carbons (Fsp3) is 0.250. The highest BCUT2D eigenvalue weighted by molar-refractivity contribution is 6.32. The predicted octanol–water partition coefficient (Wildman–Crippen LogP) is 3.60. The van der Waals surface area contributed by atoms with Gasteiger partial charge in [0.15, 0.2) is 0 Å². The average molecular weight is 221 g/mol. The van der Waals surface area contributed by atoms with E-state index in [2.05, 4.69) is 42.2 Å². The summed E-state index contributed by atoms with van der Waals surface area (Å²) in [4.78, 5) is 0. The van der Waals surface area contributed by atoms with Crippen molar-refractivity contribution in [3.63, 3.8) is 0 Å². The van der Waals surface area contributed by atoms with Gasteiger partial charge in [-0.1, -0.05) is 30.2 Å². The van der Waals surface area contributed by atoms with Gasteiger partial charge in [0.2, 0.25) is 0 Å². The average Bonchev–Trinajstić information content (AvgIpc) is 2.63. The number of nitrogens with one attached hydrogen (secondary N) is 1. The van der Waals surface area contributed by atoms with E-state index in [0.717, 1.165) is 17.7 Å². The molecule has 1 N–H and O–H groups in total. The molecule has 0 saturated heterocycles. The third-order valence-corrected chi connectivity index (χ3v) is 2.71. The lowest BCUT2D eigenvalue weighted by atomic mass is 10.0. The second-order valence-electron chi connectivity index (χ2n) is 3.65. The van der Waals surface area contributed by atoms with E-state index in [1.165, 1.54) is 11.1 Å². The molecule has 0 spiro atoms. The molecule has 0 saturated carbocycles. The van der Waals surface area contributed by atoms with Crippen LogP contribution in [0.5, 0.6) is 0 Å². The Morgan fingerprint density at radius 2 is 2.13 bits per heavy atom. The number of H-pyrrole nitrogens is 1. The minimum absolute atomic E-state index is 0.669. The summed E-state index contributed by atoms with van der Waals surface area (Å²) in [6, 6.07) is 6.44. The number of aromatic amines is 1. The quantitative estimate of drug-likeness (QED) is 0.823. The normalized spacial score (nSPS) is 10.6. The van der Waals surface area contributed by atoms with Gasteiger partial charge in [-0.05, 0) is 31.0 Å². The fourth-order valence-electron chi connectivity index (χ4n) is 1.68. The lowest BCUT2D eigenvalue weighted by molar-refractivity contribution is 1.09. The monoisotopic (exact) mass is 220 g/mol. The van der Waals surface area contributed by atoms with Crippen molar-refractivity contribution >= 4 is 11.6 Å². The first kappa shape index (κ1) is 10.2. The van der Waals surface area contributed by atoms with Gasteiger partial charge in [-0.3, -0.25) is 5.10 Å². The number of rotatable bonds is 2. The molecule has 0 amide bonds. The van der Waals surface area contributed by atoms with E-state index in [1.54, 1.807) is 6.20 Å². The molecular formula is C12H13ClN2. The van der Waals surface area contributed by atoms with Crippen LogP contribution in [0.4, 0.5) is 0 Å². The van der Waals surface area contributed by atoms with Crippen LogP contribution in [0.3, 0.4) is 0 Å². The van der Waals surface area contributed by atoms with E-state index in [9.17, 15) is 0 Å². The van der Waals surface area contributed by atoms with Gasteiger partial charge in [0.1, 0.15) is 0 Å². The molecular weight excluding hydrogens is 208 g/mol. The van der Waals surface area contributed by atoms with Crippen molar-refractivity contribution in [2.75, 3.05) is 0 Å². The largest absolute Gasteiger partial charge is 0.276 e. The van der Waals surface area contributed by atoms with Gasteiger partial charge in [0.25, 0.3) is 0 Å². The van der Waals surface area contributed by atoms with Crippen molar-refractivity contribution in [3.8, 4) is 11.3 Å². The molecule has 2 aromatic rings. The number of benzene rings is 1. The van der Waals surface area contributed by atoms with Crippen LogP contribution in [0, 0.1) is 6.92 Å². The summed E-state index contributed by atoms with van der Waals surface area (Å²) in [6.45, 7) is 4.24. The van der Waals surface area contributed by atoms with Gasteiger partial charge in [-0.15, -0.1) is 0 Å². The van der Waals surface area contributed by atoms with E-state index >= 15 is 0 Å². The van der Waals surface area contributed by atoms with E-state index < -0.39 is 0 Å². The van der Waals surface area contributed by atoms with Gasteiger partial charge >= 0.3 is 0 Å². The molecule has 1 aromatic carbocycles. The number of nitrogens with zero attached hydrogens (tertiary/aromatic N) is 1. The number of hydrogen-bond donors (Lipinski definition) is 1. The molecule has 1 aromatic heterocycles. The molecule has 15 heavy (non-hydrogen) atoms. The summed E-state index contributed by atoms with van der Waals surface area (Å²) in [7, 11) is 0. The fourth-order valence-corrected chi connectivity index (χ4v) is 1.88. The Balaban J connectivity index is 2.53. The maximum Gasteiger partial charge on any atom is 0.0862 e. The molecule has 0 aliphatic rings. The number of halogens is 1. The van der Waals surface area contributed by atoms with Gasteiger partial charge in [0.05, 0.1) is 16.9 Å². The van der Waals surface area contributed by atoms with Crippen LogP contribution >= 0.6 is 11.6 Å². The molecule has 2 rings (SSSR count). The molecule has 3 heteroatoms. The minimum Gasteiger partial charge on any atom is -0.276 e. The SMILES string of the molecule is CCc1cc(C)cc(-c2[nH]ncc2Cl)c1. The summed E-state index contributed by atoms with van der Waals surface area (Å²) < 4.78 is 0. The van der Waals surface area contributed by atoms with Gasteiger partial charge in [-0.2, -0.15) is 5.10 Å². The molecule has 1 heterocycles. The Bertz CT molecular complexity index is 474. The minimum atomic E-state index is 0.669. The third-order valence-electron chi connectivity index (χ3n) is 2.43. The zero-order chi connectivity index (χ0) is 10.8. The van der Waals surface area contributed by atoms with E-state index in [1.807, 2.05) is 0 Å². The Labute approximate surface area is 94.3 Å². The maximum absolute atomic E-state index is 6.03. The molecule has 0 bridgehead atoms. The van der Waals surface area contributed by atoms with Gasteiger partial charge < -0.3 is 0 Å². The summed E-state index contributed by atoms with van der Waals surface area (Å²) in [5.41, 5.74) is 4.56. The smallest absolute Gasteiger partial charge is 0.0862 e. The van der Waals surface area contributed by atoms with Gasteiger partial charge in [0, 0.05) is 5.56 Å². The lowest BCUT2D eigenvalue weighted by Crippen LogP contribution is -1.86. The topological polar surface area (TPSA) is 28.7 Å². The molecule has 0 atom stereocenters. The Hall–Kier alpha value is -1.28. The third kappa shape index (κ3) is 2.05. The van der Waals surface area contributed by atoms with Crippen LogP contribution in [-0.4, -0.2) is 10.2 Å². The first-order valence-corrected chi connectivity index (χ1v) is 5.38. The van der Waals surface area contributed by atoms with Crippen LogP contribution in [-0.2, 0) is 6.42 Å². The van der Waals surface area contributed by atoms with Crippen LogP contribution < -0.4 is 0 Å². The van der Waals surface area contributed by atoms with Crippen molar-refractivity contribution in [3.05, 3.63) is 40.5 Å². The molecule has 0 radical (unpaired) electrons. The van der Waals surface area contributed by atoms with Crippen LogP contribution in [0.2, 0.25) is 5.02 Å². The molecule has 78 valence electrons. The lowest BCUT2D eigenvalue weighted by Gasteiger charge is -2.04. The number of aryl methyl sites for hydroxylation is 2. The number of aromatic nitrogens is 2. The van der Waals surface area contributed by atoms with Gasteiger partial charge in [-0.25, -0.2) is 0 Å². The molecule has 0 fully saturated rings. The summed E-state index contributed by atoms with van der Waals surface area (Å²) in [5, 5.41) is 7.51. The van der Waals surface area contributed by atoms with Crippen molar-refractivity contribution in [2.24, 2.45) is 0 Å². The zero-order valence-electron chi connectivity index (χ0n) is 8.84. The Morgan fingerprint density at radius 3 is 2.73 bits per heavy atom. The number of hydrogen-bond acceptors (Lipinski definition) is 1. The van der Waals surface area contributed by atoms with Crippen LogP contribution in [0.25, 0.3) is 11.3 Å². The Morgan fingerprint density at radius 1 is 1.33 bits per heavy atom. The van der Waals surface area contributed by atoms with Crippen LogP contribution in [0.1, 0.15) is 18.1 Å². The van der Waals surface area contributed by atoms with Crippen molar-refractivity contribution in [2.45, 2.75) is 20.3 Å². The first-order valence-electron chi connectivity index (χ1n) is 5.00. The Kier molecular flexibility index (Phi) is 2.78. The van der Waals surface area contributed by atoms with Crippen molar-refractivity contribution in [1.82, 2.24) is 10.2 Å². The van der Waals surface area contributed by atoms with E-state index in [-0.39, 0.29) is 0 Å². The second-order valence-corrected chi connectivity index (χ2v) is 4.06. The second kappa shape index (κ2) is 4.07. The predicted molar refractivity (Wildman–Crippen MR) is 63.1 cm³/mol. The highest BCUT2D eigenvalue weighted by Gasteiger charge is 2.06. The summed E-state index contributed by atoms with van der Waals surface area (Å²) in [5.74, 6) is 0. The molecule has 2 nitrogen and oxygen atoms in total. The summed E-state index contributed by atoms with van der Waals surface area (Å²) in [6.07, 6.45) is 2.66. The highest BCUT2D eigenvalue weighted by atomic mass is 35.5. The van der Waals surface area contributed by atoms with Crippen molar-refractivity contribution < 1.29 is 0 Å². The highest BCUT2D eigenvalue weighted by Crippen LogP contribution is 2.26. The molecule has 0 aliphatic carbocycles. The standard InChI is InChI=1S/C12H13ClN2/c1-3-9-4-8(2)5-10(6-9)12-11(13)7-14-15-12/h4-7H,3H2,1-2H3,(H,14,15). The maximum atomic E-state index is 6.03. The zero-order valence-corrected chi connectivity index (χ0v) is 9.60. The van der Waals surface area contributed by atoms with E-state index in [0.29, 0.717) is 5.02 Å². The first-order chi connectivity index (χ1) is 7.20. The molecule has 0 unspecified atom stereocenters. The van der Waals surface area contributed by atoms with E-state index in [4.69, 9.17) is 11.6 Å². The van der Waals surface area contributed by atoms with Crippen LogP contribution in [0.15, 0.2) is 24.4 Å². The molecule has 0 aliphatic heterocycles.